The van der Waals surface area contributed by atoms with Gasteiger partial charge in [0.1, 0.15) is 11.5 Å². The molecule has 9 heteroatoms. The number of benzene rings is 1. The first kappa shape index (κ1) is 19.7. The molecule has 1 aromatic carbocycles. The number of nitrogens with two attached hydrogens (primary N) is 1. The van der Waals surface area contributed by atoms with E-state index >= 15 is 0 Å². The minimum absolute atomic E-state index is 0.0591. The fraction of sp³-hybridized carbons (Fsp3) is 0.450. The van der Waals surface area contributed by atoms with Crippen LogP contribution in [0.3, 0.4) is 0 Å². The van der Waals surface area contributed by atoms with Crippen LogP contribution in [0.2, 0.25) is 5.02 Å². The monoisotopic (exact) mass is 419 g/mol. The smallest absolute Gasteiger partial charge is 0.318 e. The lowest BCUT2D eigenvalue weighted by atomic mass is 10.0. The summed E-state index contributed by atoms with van der Waals surface area (Å²) in [6.07, 6.45) is 1.70. The SMILES string of the molecule is CC(C)(C)NC(=O)N1Cc2c(C(N)=O)c(-c3ccc(F)c(Cl)c3)nn2C2(CC2)C1. The van der Waals surface area contributed by atoms with E-state index in [9.17, 15) is 14.0 Å². The van der Waals surface area contributed by atoms with Crippen molar-refractivity contribution in [3.8, 4) is 11.3 Å². The van der Waals surface area contributed by atoms with E-state index in [1.807, 2.05) is 25.5 Å². The first-order chi connectivity index (χ1) is 13.5. The van der Waals surface area contributed by atoms with E-state index in [0.717, 1.165) is 12.8 Å². The zero-order valence-electron chi connectivity index (χ0n) is 16.6. The Bertz CT molecular complexity index is 1020. The van der Waals surface area contributed by atoms with E-state index in [4.69, 9.17) is 17.3 Å². The molecule has 3 N–H and O–H groups in total. The van der Waals surface area contributed by atoms with Crippen molar-refractivity contribution in [1.82, 2.24) is 20.0 Å². The van der Waals surface area contributed by atoms with Gasteiger partial charge in [-0.3, -0.25) is 9.48 Å². The zero-order chi connectivity index (χ0) is 21.1. The molecule has 0 bridgehead atoms. The number of carbonyl (C=O) groups excluding carboxylic acids is 2. The van der Waals surface area contributed by atoms with Gasteiger partial charge in [0.05, 0.1) is 28.4 Å². The third-order valence-electron chi connectivity index (χ3n) is 5.29. The molecule has 4 rings (SSSR count). The number of carbonyl (C=O) groups is 2. The van der Waals surface area contributed by atoms with Crippen molar-refractivity contribution in [3.63, 3.8) is 0 Å². The molecule has 1 fully saturated rings. The predicted octanol–water partition coefficient (Wildman–Crippen LogP) is 3.25. The third kappa shape index (κ3) is 3.46. The van der Waals surface area contributed by atoms with Crippen molar-refractivity contribution >= 4 is 23.5 Å². The van der Waals surface area contributed by atoms with Gasteiger partial charge in [0.2, 0.25) is 0 Å². The van der Waals surface area contributed by atoms with Crippen LogP contribution < -0.4 is 11.1 Å². The summed E-state index contributed by atoms with van der Waals surface area (Å²) in [5, 5.41) is 7.58. The fourth-order valence-corrected chi connectivity index (χ4v) is 3.99. The van der Waals surface area contributed by atoms with E-state index in [0.29, 0.717) is 23.5 Å². The molecule has 1 aromatic heterocycles. The quantitative estimate of drug-likeness (QED) is 0.782. The second-order valence-electron chi connectivity index (χ2n) is 8.84. The van der Waals surface area contributed by atoms with Crippen molar-refractivity contribution in [1.29, 1.82) is 0 Å². The molecule has 1 saturated carbocycles. The number of nitrogens with one attached hydrogen (secondary N) is 1. The second-order valence-corrected chi connectivity index (χ2v) is 9.24. The van der Waals surface area contributed by atoms with Gasteiger partial charge in [-0.25, -0.2) is 9.18 Å². The number of fused-ring (bicyclic) bond motifs is 2. The first-order valence-corrected chi connectivity index (χ1v) is 9.83. The zero-order valence-corrected chi connectivity index (χ0v) is 17.3. The van der Waals surface area contributed by atoms with Crippen LogP contribution in [-0.4, -0.2) is 38.7 Å². The Balaban J connectivity index is 1.80. The van der Waals surface area contributed by atoms with Gasteiger partial charge in [0, 0.05) is 17.6 Å². The highest BCUT2D eigenvalue weighted by Gasteiger charge is 2.52. The van der Waals surface area contributed by atoms with Crippen molar-refractivity contribution < 1.29 is 14.0 Å². The Morgan fingerprint density at radius 3 is 2.55 bits per heavy atom. The molecule has 3 amide bonds. The maximum absolute atomic E-state index is 13.6. The summed E-state index contributed by atoms with van der Waals surface area (Å²) >= 11 is 5.93. The normalized spacial score (nSPS) is 17.2. The molecular formula is C20H23ClFN5O2. The summed E-state index contributed by atoms with van der Waals surface area (Å²) in [7, 11) is 0. The number of amides is 3. The lowest BCUT2D eigenvalue weighted by Gasteiger charge is -2.36. The molecule has 1 aliphatic heterocycles. The number of urea groups is 1. The van der Waals surface area contributed by atoms with E-state index in [1.54, 1.807) is 4.90 Å². The van der Waals surface area contributed by atoms with Gasteiger partial charge in [-0.15, -0.1) is 0 Å². The number of primary amides is 1. The molecule has 0 radical (unpaired) electrons. The van der Waals surface area contributed by atoms with Crippen molar-refractivity contribution in [2.24, 2.45) is 5.73 Å². The van der Waals surface area contributed by atoms with Crippen molar-refractivity contribution in [2.75, 3.05) is 6.54 Å². The Hall–Kier alpha value is -2.61. The molecule has 2 aliphatic rings. The molecule has 154 valence electrons. The molecule has 0 unspecified atom stereocenters. The third-order valence-corrected chi connectivity index (χ3v) is 5.58. The predicted molar refractivity (Wildman–Crippen MR) is 107 cm³/mol. The fourth-order valence-electron chi connectivity index (χ4n) is 3.81. The maximum atomic E-state index is 13.6. The van der Waals surface area contributed by atoms with E-state index in [1.165, 1.54) is 18.2 Å². The minimum atomic E-state index is -0.643. The average Bonchev–Trinajstić information content (AvgIpc) is 3.24. The standard InChI is InChI=1S/C20H23ClFN5O2/c1-19(2,3)24-18(29)26-9-14-15(17(23)28)16(11-4-5-13(22)12(21)8-11)25-27(14)20(10-26)6-7-20/h4-5,8H,6-7,9-10H2,1-3H3,(H2,23,28)(H,24,29). The summed E-state index contributed by atoms with van der Waals surface area (Å²) in [4.78, 5) is 26.8. The Morgan fingerprint density at radius 1 is 1.31 bits per heavy atom. The average molecular weight is 420 g/mol. The van der Waals surface area contributed by atoms with E-state index < -0.39 is 11.7 Å². The number of nitrogens with zero attached hydrogens (tertiary/aromatic N) is 3. The molecule has 0 atom stereocenters. The highest BCUT2D eigenvalue weighted by Crippen LogP contribution is 2.48. The molecule has 1 aliphatic carbocycles. The molecule has 2 heterocycles. The van der Waals surface area contributed by atoms with E-state index in [-0.39, 0.29) is 34.2 Å². The summed E-state index contributed by atoms with van der Waals surface area (Å²) in [5.74, 6) is -1.20. The molecule has 0 saturated heterocycles. The lowest BCUT2D eigenvalue weighted by molar-refractivity contribution is 0.0995. The number of aromatic nitrogens is 2. The van der Waals surface area contributed by atoms with Gasteiger partial charge < -0.3 is 16.0 Å². The molecule has 7 nitrogen and oxygen atoms in total. The number of halogens is 2. The van der Waals surface area contributed by atoms with Gasteiger partial charge in [0.15, 0.2) is 0 Å². The summed E-state index contributed by atoms with van der Waals surface area (Å²) < 4.78 is 15.4. The van der Waals surface area contributed by atoms with Crippen LogP contribution >= 0.6 is 11.6 Å². The molecular weight excluding hydrogens is 397 g/mol. The number of hydrogen-bond acceptors (Lipinski definition) is 3. The second kappa shape index (κ2) is 6.45. The van der Waals surface area contributed by atoms with Crippen LogP contribution in [0.4, 0.5) is 9.18 Å². The van der Waals surface area contributed by atoms with Gasteiger partial charge in [-0.05, 0) is 51.8 Å². The van der Waals surface area contributed by atoms with Crippen LogP contribution in [0.5, 0.6) is 0 Å². The Kier molecular flexibility index (Phi) is 4.38. The summed E-state index contributed by atoms with van der Waals surface area (Å²) in [5.41, 5.74) is 6.69. The minimum Gasteiger partial charge on any atom is -0.365 e. The summed E-state index contributed by atoms with van der Waals surface area (Å²) in [6, 6.07) is 3.99. The summed E-state index contributed by atoms with van der Waals surface area (Å²) in [6.45, 7) is 6.46. The molecule has 1 spiro atoms. The number of hydrogen-bond donors (Lipinski definition) is 2. The lowest BCUT2D eigenvalue weighted by Crippen LogP contribution is -2.53. The van der Waals surface area contributed by atoms with Crippen LogP contribution in [0.15, 0.2) is 18.2 Å². The maximum Gasteiger partial charge on any atom is 0.318 e. The van der Waals surface area contributed by atoms with Gasteiger partial charge in [0.25, 0.3) is 5.91 Å². The molecule has 29 heavy (non-hydrogen) atoms. The van der Waals surface area contributed by atoms with Gasteiger partial charge >= 0.3 is 6.03 Å². The Labute approximate surface area is 173 Å². The highest BCUT2D eigenvalue weighted by molar-refractivity contribution is 6.31. The van der Waals surface area contributed by atoms with Gasteiger partial charge in [-0.2, -0.15) is 5.10 Å². The highest BCUT2D eigenvalue weighted by atomic mass is 35.5. The largest absolute Gasteiger partial charge is 0.365 e. The van der Waals surface area contributed by atoms with Crippen LogP contribution in [0.25, 0.3) is 11.3 Å². The van der Waals surface area contributed by atoms with E-state index in [2.05, 4.69) is 10.4 Å². The Morgan fingerprint density at radius 2 is 2.00 bits per heavy atom. The number of rotatable bonds is 2. The van der Waals surface area contributed by atoms with Crippen molar-refractivity contribution in [3.05, 3.63) is 40.3 Å². The van der Waals surface area contributed by atoms with Crippen LogP contribution in [0.1, 0.15) is 49.7 Å². The molecule has 2 aromatic rings. The topological polar surface area (TPSA) is 93.2 Å². The van der Waals surface area contributed by atoms with Crippen LogP contribution in [0, 0.1) is 5.82 Å². The van der Waals surface area contributed by atoms with Gasteiger partial charge in [-0.1, -0.05) is 11.6 Å². The van der Waals surface area contributed by atoms with Crippen molar-refractivity contribution in [2.45, 2.75) is 51.2 Å². The first-order valence-electron chi connectivity index (χ1n) is 9.45. The van der Waals surface area contributed by atoms with Crippen LogP contribution in [-0.2, 0) is 12.1 Å².